The Hall–Kier alpha value is -3.60. The summed E-state index contributed by atoms with van der Waals surface area (Å²) in [6.07, 6.45) is 8.23. The molecule has 3 aliphatic rings. The minimum Gasteiger partial charge on any atom is -0.497 e. The second-order valence-electron chi connectivity index (χ2n) is 14.2. The Kier molecular flexibility index (Phi) is 11.4. The summed E-state index contributed by atoms with van der Waals surface area (Å²) in [5.41, 5.74) is 0.315. The third-order valence-corrected chi connectivity index (χ3v) is 9.82. The number of esters is 1. The molecule has 0 bridgehead atoms. The number of ether oxygens (including phenoxy) is 4. The zero-order chi connectivity index (χ0) is 34.6. The van der Waals surface area contributed by atoms with E-state index < -0.39 is 41.8 Å². The molecule has 0 spiro atoms. The van der Waals surface area contributed by atoms with Gasteiger partial charge in [0.15, 0.2) is 5.15 Å². The van der Waals surface area contributed by atoms with Crippen molar-refractivity contribution in [3.63, 3.8) is 0 Å². The van der Waals surface area contributed by atoms with Gasteiger partial charge in [0.25, 0.3) is 5.88 Å². The third-order valence-electron chi connectivity index (χ3n) is 9.57. The number of benzene rings is 1. The van der Waals surface area contributed by atoms with E-state index >= 15 is 0 Å². The van der Waals surface area contributed by atoms with E-state index in [2.05, 4.69) is 21.9 Å². The van der Waals surface area contributed by atoms with E-state index in [0.717, 1.165) is 51.4 Å². The average Bonchev–Trinajstić information content (AvgIpc) is 3.38. The molecule has 1 aromatic heterocycles. The van der Waals surface area contributed by atoms with Crippen molar-refractivity contribution < 1.29 is 33.3 Å². The molecule has 1 aliphatic heterocycles. The highest BCUT2D eigenvalue weighted by Gasteiger charge is 2.52. The van der Waals surface area contributed by atoms with Gasteiger partial charge >= 0.3 is 12.1 Å². The van der Waals surface area contributed by atoms with E-state index in [1.807, 2.05) is 13.0 Å². The summed E-state index contributed by atoms with van der Waals surface area (Å²) in [6.45, 7) is 11.2. The fourth-order valence-corrected chi connectivity index (χ4v) is 7.24. The quantitative estimate of drug-likeness (QED) is 0.140. The maximum absolute atomic E-state index is 14.6. The Labute approximate surface area is 288 Å². The maximum Gasteiger partial charge on any atom is 0.408 e. The minimum atomic E-state index is -0.946. The largest absolute Gasteiger partial charge is 0.497 e. The molecule has 3 fully saturated rings. The molecule has 1 N–H and O–H groups in total. The zero-order valence-corrected chi connectivity index (χ0v) is 29.5. The number of fused-ring (bicyclic) bond motifs is 1. The molecule has 5 rings (SSSR count). The fourth-order valence-electron chi connectivity index (χ4n) is 7.06. The molecule has 1 saturated heterocycles. The van der Waals surface area contributed by atoms with E-state index in [1.165, 1.54) is 4.90 Å². The van der Waals surface area contributed by atoms with E-state index in [-0.39, 0.29) is 35.5 Å². The Morgan fingerprint density at radius 3 is 2.56 bits per heavy atom. The summed E-state index contributed by atoms with van der Waals surface area (Å²) in [4.78, 5) is 52.2. The van der Waals surface area contributed by atoms with Crippen molar-refractivity contribution >= 4 is 40.6 Å². The van der Waals surface area contributed by atoms with E-state index in [1.54, 1.807) is 46.1 Å². The molecule has 0 radical (unpaired) electrons. The van der Waals surface area contributed by atoms with Gasteiger partial charge in [-0.15, -0.1) is 6.58 Å². The number of rotatable bonds is 13. The van der Waals surface area contributed by atoms with Crippen molar-refractivity contribution in [1.29, 1.82) is 0 Å². The molecule has 0 unspecified atom stereocenters. The van der Waals surface area contributed by atoms with Crippen molar-refractivity contribution in [2.24, 2.45) is 17.8 Å². The Morgan fingerprint density at radius 1 is 1.15 bits per heavy atom. The number of carbonyl (C=O) groups is 3. The van der Waals surface area contributed by atoms with Crippen LogP contribution in [0, 0.1) is 17.8 Å². The predicted octanol–water partition coefficient (Wildman–Crippen LogP) is 6.65. The molecule has 2 saturated carbocycles. The molecule has 2 amide bonds. The van der Waals surface area contributed by atoms with Gasteiger partial charge in [0, 0.05) is 12.0 Å². The number of allylic oxidation sites excluding steroid dienone is 1. The molecule has 48 heavy (non-hydrogen) atoms. The lowest BCUT2D eigenvalue weighted by molar-refractivity contribution is -0.165. The Bertz CT molecular complexity index is 1490. The highest BCUT2D eigenvalue weighted by molar-refractivity contribution is 6.31. The number of hydrogen-bond acceptors (Lipinski definition) is 9. The first-order valence-corrected chi connectivity index (χ1v) is 17.6. The van der Waals surface area contributed by atoms with Gasteiger partial charge in [-0.1, -0.05) is 37.4 Å². The molecule has 6 atom stereocenters. The van der Waals surface area contributed by atoms with Gasteiger partial charge < -0.3 is 29.2 Å². The Balaban J connectivity index is 1.39. The summed E-state index contributed by atoms with van der Waals surface area (Å²) in [5, 5.41) is 2.99. The topological polar surface area (TPSA) is 129 Å². The maximum atomic E-state index is 14.6. The number of nitrogens with one attached hydrogen (secondary N) is 1. The fraction of sp³-hybridized carbons (Fsp3) is 0.639. The van der Waals surface area contributed by atoms with Gasteiger partial charge in [0.2, 0.25) is 5.91 Å². The number of methoxy groups -OCH3 is 1. The van der Waals surface area contributed by atoms with Gasteiger partial charge in [0.05, 0.1) is 24.7 Å². The van der Waals surface area contributed by atoms with Gasteiger partial charge in [-0.25, -0.2) is 19.6 Å². The van der Waals surface area contributed by atoms with Gasteiger partial charge in [-0.05, 0) is 89.7 Å². The van der Waals surface area contributed by atoms with Gasteiger partial charge in [0.1, 0.15) is 35.6 Å². The number of carbonyl (C=O) groups excluding carboxylic acids is 3. The van der Waals surface area contributed by atoms with Crippen molar-refractivity contribution in [3.8, 4) is 11.6 Å². The molecule has 12 heteroatoms. The molecule has 2 aromatic rings. The average molecular weight is 685 g/mol. The highest BCUT2D eigenvalue weighted by atomic mass is 35.5. The Morgan fingerprint density at radius 2 is 1.90 bits per heavy atom. The van der Waals surface area contributed by atoms with Crippen molar-refractivity contribution in [2.45, 2.75) is 115 Å². The smallest absolute Gasteiger partial charge is 0.408 e. The van der Waals surface area contributed by atoms with Crippen LogP contribution in [0.25, 0.3) is 11.0 Å². The highest BCUT2D eigenvalue weighted by Crippen LogP contribution is 2.39. The molecule has 11 nitrogen and oxygen atoms in total. The van der Waals surface area contributed by atoms with Crippen LogP contribution in [0.4, 0.5) is 4.79 Å². The molecule has 1 aromatic carbocycles. The number of aromatic nitrogens is 2. The van der Waals surface area contributed by atoms with Crippen LogP contribution in [0.15, 0.2) is 30.9 Å². The van der Waals surface area contributed by atoms with Crippen LogP contribution in [-0.2, 0) is 19.1 Å². The zero-order valence-electron chi connectivity index (χ0n) is 28.7. The van der Waals surface area contributed by atoms with E-state index in [9.17, 15) is 14.4 Å². The van der Waals surface area contributed by atoms with Crippen LogP contribution in [0.1, 0.15) is 85.5 Å². The number of amides is 2. The van der Waals surface area contributed by atoms with Crippen molar-refractivity contribution in [2.75, 3.05) is 13.7 Å². The predicted molar refractivity (Wildman–Crippen MR) is 182 cm³/mol. The third kappa shape index (κ3) is 8.51. The minimum absolute atomic E-state index is 0.0669. The normalized spacial score (nSPS) is 24.6. The summed E-state index contributed by atoms with van der Waals surface area (Å²) in [6, 6.07) is 3.46. The first kappa shape index (κ1) is 35.7. The first-order valence-electron chi connectivity index (χ1n) is 17.2. The standard InChI is InChI=1S/C36H49ClN4O7/c1-7-9-10-15-22-18-27(22)47-35(44)40-29(21-13-11-12-14-21)33(42)41-20-28(24(8-2)30(41)34(43)48-36(3,4)5)46-32-31(37)38-25-17-16-23(45-6)19-26(25)39-32/h7,16-17,19,21-22,24,27-30H,1,8-15,18,20H2,2-6H3,(H,40,44)/t22-,24-,27-,28+,29+,30+/m1/s1. The van der Waals surface area contributed by atoms with Gasteiger partial charge in [-0.2, -0.15) is 0 Å². The van der Waals surface area contributed by atoms with Crippen LogP contribution in [-0.4, -0.2) is 76.4 Å². The first-order chi connectivity index (χ1) is 22.9. The number of hydrogen-bond donors (Lipinski definition) is 1. The summed E-state index contributed by atoms with van der Waals surface area (Å²) in [5.74, 6) is -0.363. The summed E-state index contributed by atoms with van der Waals surface area (Å²) < 4.78 is 23.4. The lowest BCUT2D eigenvalue weighted by Crippen LogP contribution is -2.55. The number of halogens is 1. The molecule has 2 heterocycles. The van der Waals surface area contributed by atoms with Crippen LogP contribution in [0.5, 0.6) is 11.6 Å². The lowest BCUT2D eigenvalue weighted by atomic mass is 9.93. The molecule has 2 aliphatic carbocycles. The number of likely N-dealkylation sites (tertiary alicyclic amines) is 1. The number of alkyl carbamates (subject to hydrolysis) is 1. The van der Waals surface area contributed by atoms with Crippen LogP contribution < -0.4 is 14.8 Å². The number of unbranched alkanes of at least 4 members (excludes halogenated alkanes) is 1. The molecular weight excluding hydrogens is 636 g/mol. The van der Waals surface area contributed by atoms with Crippen LogP contribution >= 0.6 is 11.6 Å². The number of nitrogens with zero attached hydrogens (tertiary/aromatic N) is 3. The van der Waals surface area contributed by atoms with Crippen molar-refractivity contribution in [1.82, 2.24) is 20.2 Å². The monoisotopic (exact) mass is 684 g/mol. The molecular formula is C36H49ClN4O7. The van der Waals surface area contributed by atoms with Crippen molar-refractivity contribution in [3.05, 3.63) is 36.0 Å². The van der Waals surface area contributed by atoms with Crippen LogP contribution in [0.2, 0.25) is 5.15 Å². The second kappa shape index (κ2) is 15.3. The van der Waals surface area contributed by atoms with E-state index in [0.29, 0.717) is 29.1 Å². The van der Waals surface area contributed by atoms with Crippen LogP contribution in [0.3, 0.4) is 0 Å². The van der Waals surface area contributed by atoms with Gasteiger partial charge in [-0.3, -0.25) is 4.79 Å². The SMILES string of the molecule is C=CCCC[C@@H]1C[C@H]1OC(=O)N[C@H](C(=O)N1C[C@H](Oc2nc3cc(OC)ccc3nc2Cl)[C@@H](CC)[C@H]1C(=O)OC(C)(C)C)C1CCCC1. The molecule has 262 valence electrons. The lowest BCUT2D eigenvalue weighted by Gasteiger charge is -2.33. The summed E-state index contributed by atoms with van der Waals surface area (Å²) in [7, 11) is 1.57. The summed E-state index contributed by atoms with van der Waals surface area (Å²) >= 11 is 6.55. The second-order valence-corrected chi connectivity index (χ2v) is 14.6. The van der Waals surface area contributed by atoms with E-state index in [4.69, 9.17) is 30.5 Å².